The first-order valence-corrected chi connectivity index (χ1v) is 7.47. The molecule has 0 unspecified atom stereocenters. The number of carboxylic acids is 1. The molecule has 0 radical (unpaired) electrons. The molecule has 0 atom stereocenters. The van der Waals surface area contributed by atoms with Crippen molar-refractivity contribution >= 4 is 16.9 Å². The summed E-state index contributed by atoms with van der Waals surface area (Å²) in [5.41, 5.74) is 0.721. The van der Waals surface area contributed by atoms with Gasteiger partial charge in [-0.2, -0.15) is 0 Å². The van der Waals surface area contributed by atoms with Gasteiger partial charge in [0.2, 0.25) is 0 Å². The molecule has 22 heavy (non-hydrogen) atoms. The Labute approximate surface area is 129 Å². The second kappa shape index (κ2) is 6.64. The molecule has 118 valence electrons. The third-order valence-corrected chi connectivity index (χ3v) is 3.30. The van der Waals surface area contributed by atoms with Crippen LogP contribution in [0, 0.1) is 5.92 Å². The van der Waals surface area contributed by atoms with Crippen molar-refractivity contribution in [2.24, 2.45) is 5.92 Å². The second-order valence-electron chi connectivity index (χ2n) is 5.74. The van der Waals surface area contributed by atoms with Crippen LogP contribution in [0.3, 0.4) is 0 Å². The van der Waals surface area contributed by atoms with Gasteiger partial charge in [0.15, 0.2) is 0 Å². The highest BCUT2D eigenvalue weighted by atomic mass is 16.5. The fourth-order valence-corrected chi connectivity index (χ4v) is 2.40. The van der Waals surface area contributed by atoms with E-state index in [9.17, 15) is 14.7 Å². The Kier molecular flexibility index (Phi) is 4.85. The molecule has 0 spiro atoms. The molecule has 2 aromatic rings. The summed E-state index contributed by atoms with van der Waals surface area (Å²) in [4.78, 5) is 23.5. The Morgan fingerprint density at radius 2 is 2.05 bits per heavy atom. The van der Waals surface area contributed by atoms with Gasteiger partial charge in [-0.25, -0.2) is 4.79 Å². The van der Waals surface area contributed by atoms with Gasteiger partial charge >= 0.3 is 5.97 Å². The van der Waals surface area contributed by atoms with Gasteiger partial charge in [0, 0.05) is 18.0 Å². The fourth-order valence-electron chi connectivity index (χ4n) is 2.40. The number of pyridine rings is 1. The maximum absolute atomic E-state index is 12.2. The molecule has 1 aromatic heterocycles. The minimum atomic E-state index is -1.01. The summed E-state index contributed by atoms with van der Waals surface area (Å²) in [6, 6.07) is 6.20. The van der Waals surface area contributed by atoms with Gasteiger partial charge in [-0.3, -0.25) is 4.79 Å². The fraction of sp³-hybridized carbons (Fsp3) is 0.412. The molecule has 0 amide bonds. The van der Waals surface area contributed by atoms with Crippen LogP contribution in [-0.2, 0) is 6.54 Å². The molecule has 0 saturated carbocycles. The summed E-state index contributed by atoms with van der Waals surface area (Å²) in [5, 5.41) is 9.94. The number of ether oxygens (including phenoxy) is 1. The van der Waals surface area contributed by atoms with E-state index in [4.69, 9.17) is 4.74 Å². The number of aromatic nitrogens is 1. The van der Waals surface area contributed by atoms with E-state index < -0.39 is 5.97 Å². The maximum Gasteiger partial charge on any atom is 0.335 e. The van der Waals surface area contributed by atoms with Crippen LogP contribution < -0.4 is 10.3 Å². The van der Waals surface area contributed by atoms with Crippen molar-refractivity contribution < 1.29 is 14.6 Å². The van der Waals surface area contributed by atoms with Gasteiger partial charge < -0.3 is 14.4 Å². The summed E-state index contributed by atoms with van der Waals surface area (Å²) < 4.78 is 7.38. The highest BCUT2D eigenvalue weighted by molar-refractivity contribution is 5.96. The number of benzene rings is 1. The van der Waals surface area contributed by atoms with E-state index in [1.54, 1.807) is 16.7 Å². The largest absolute Gasteiger partial charge is 0.491 e. The molecule has 0 saturated heterocycles. The van der Waals surface area contributed by atoms with Gasteiger partial charge in [0.1, 0.15) is 5.75 Å². The lowest BCUT2D eigenvalue weighted by Gasteiger charge is -2.16. The molecule has 5 nitrogen and oxygen atoms in total. The first kappa shape index (κ1) is 16.1. The molecule has 2 rings (SSSR count). The lowest BCUT2D eigenvalue weighted by atomic mass is 10.1. The zero-order valence-corrected chi connectivity index (χ0v) is 13.1. The molecule has 0 fully saturated rings. The van der Waals surface area contributed by atoms with Crippen LogP contribution in [0.25, 0.3) is 10.9 Å². The van der Waals surface area contributed by atoms with E-state index in [1.807, 2.05) is 20.8 Å². The van der Waals surface area contributed by atoms with Crippen molar-refractivity contribution in [1.29, 1.82) is 0 Å². The van der Waals surface area contributed by atoms with Crippen LogP contribution in [0.5, 0.6) is 5.75 Å². The van der Waals surface area contributed by atoms with Crippen LogP contribution in [0.4, 0.5) is 0 Å². The number of nitrogens with zero attached hydrogens (tertiary/aromatic N) is 1. The van der Waals surface area contributed by atoms with E-state index in [2.05, 4.69) is 0 Å². The quantitative estimate of drug-likeness (QED) is 0.890. The Morgan fingerprint density at radius 1 is 1.32 bits per heavy atom. The van der Waals surface area contributed by atoms with Crippen molar-refractivity contribution in [1.82, 2.24) is 4.57 Å². The van der Waals surface area contributed by atoms with E-state index in [1.165, 1.54) is 12.1 Å². The molecular formula is C17H21NO4. The average Bonchev–Trinajstić information content (AvgIpc) is 2.46. The van der Waals surface area contributed by atoms with Crippen molar-refractivity contribution in [2.75, 3.05) is 6.61 Å². The summed E-state index contributed by atoms with van der Waals surface area (Å²) >= 11 is 0. The Hall–Kier alpha value is -2.30. The summed E-state index contributed by atoms with van der Waals surface area (Å²) in [5.74, 6) is -0.263. The van der Waals surface area contributed by atoms with Crippen molar-refractivity contribution in [3.63, 3.8) is 0 Å². The summed E-state index contributed by atoms with van der Waals surface area (Å²) in [7, 11) is 0. The smallest absolute Gasteiger partial charge is 0.335 e. The Morgan fingerprint density at radius 3 is 2.64 bits per heavy atom. The number of hydrogen-bond donors (Lipinski definition) is 1. The number of carbonyl (C=O) groups is 1. The Balaban J connectivity index is 2.75. The van der Waals surface area contributed by atoms with Crippen LogP contribution in [0.1, 0.15) is 37.6 Å². The van der Waals surface area contributed by atoms with Gasteiger partial charge in [0.05, 0.1) is 17.7 Å². The van der Waals surface area contributed by atoms with E-state index in [0.29, 0.717) is 35.7 Å². The third kappa shape index (κ3) is 3.30. The molecule has 0 aliphatic rings. The molecule has 1 N–H and O–H groups in total. The Bertz CT molecular complexity index is 746. The lowest BCUT2D eigenvalue weighted by Crippen LogP contribution is -2.22. The molecule has 0 bridgehead atoms. The van der Waals surface area contributed by atoms with Crippen LogP contribution in [0.15, 0.2) is 29.1 Å². The third-order valence-electron chi connectivity index (χ3n) is 3.30. The number of fused-ring (bicyclic) bond motifs is 1. The number of carboxylic acid groups (broad SMARTS) is 1. The standard InChI is InChI=1S/C17H21NO4/c1-4-7-22-14-9-13(17(20)21)8-12-5-6-15(19)18(16(12)14)10-11(2)3/h5-6,8-9,11H,4,7,10H2,1-3H3,(H,20,21). The van der Waals surface area contributed by atoms with Crippen molar-refractivity contribution in [3.8, 4) is 5.75 Å². The maximum atomic E-state index is 12.2. The molecular weight excluding hydrogens is 282 g/mol. The van der Waals surface area contributed by atoms with E-state index in [-0.39, 0.29) is 11.1 Å². The predicted octanol–water partition coefficient (Wildman–Crippen LogP) is 3.14. The van der Waals surface area contributed by atoms with Gasteiger partial charge in [-0.15, -0.1) is 0 Å². The highest BCUT2D eigenvalue weighted by Crippen LogP contribution is 2.27. The molecule has 0 aliphatic carbocycles. The number of aromatic carboxylic acids is 1. The van der Waals surface area contributed by atoms with Crippen LogP contribution >= 0.6 is 0 Å². The monoisotopic (exact) mass is 303 g/mol. The first-order chi connectivity index (χ1) is 10.4. The minimum Gasteiger partial charge on any atom is -0.491 e. The van der Waals surface area contributed by atoms with Gasteiger partial charge in [0.25, 0.3) is 5.56 Å². The van der Waals surface area contributed by atoms with Crippen molar-refractivity contribution in [3.05, 3.63) is 40.2 Å². The van der Waals surface area contributed by atoms with Crippen LogP contribution in [0.2, 0.25) is 0 Å². The van der Waals surface area contributed by atoms with Crippen molar-refractivity contribution in [2.45, 2.75) is 33.7 Å². The summed E-state index contributed by atoms with van der Waals surface area (Å²) in [6.45, 7) is 7.07. The zero-order chi connectivity index (χ0) is 16.3. The highest BCUT2D eigenvalue weighted by Gasteiger charge is 2.15. The normalized spacial score (nSPS) is 11.1. The van der Waals surface area contributed by atoms with Crippen LogP contribution in [-0.4, -0.2) is 22.2 Å². The molecule has 0 aliphatic heterocycles. The summed E-state index contributed by atoms with van der Waals surface area (Å²) in [6.07, 6.45) is 0.806. The molecule has 1 heterocycles. The van der Waals surface area contributed by atoms with Gasteiger partial charge in [-0.05, 0) is 30.5 Å². The number of hydrogen-bond acceptors (Lipinski definition) is 3. The second-order valence-corrected chi connectivity index (χ2v) is 5.74. The van der Waals surface area contributed by atoms with E-state index in [0.717, 1.165) is 6.42 Å². The molecule has 5 heteroatoms. The first-order valence-electron chi connectivity index (χ1n) is 7.47. The van der Waals surface area contributed by atoms with Gasteiger partial charge in [-0.1, -0.05) is 20.8 Å². The molecule has 1 aromatic carbocycles. The topological polar surface area (TPSA) is 68.5 Å². The van der Waals surface area contributed by atoms with E-state index >= 15 is 0 Å². The zero-order valence-electron chi connectivity index (χ0n) is 13.1. The minimum absolute atomic E-state index is 0.106. The average molecular weight is 303 g/mol. The number of rotatable bonds is 6. The predicted molar refractivity (Wildman–Crippen MR) is 85.8 cm³/mol. The lowest BCUT2D eigenvalue weighted by molar-refractivity contribution is 0.0696. The SMILES string of the molecule is CCCOc1cc(C(=O)O)cc2ccc(=O)n(CC(C)C)c12.